The number of aliphatic carboxylic acids is 1. The minimum absolute atomic E-state index is 0.0261. The lowest BCUT2D eigenvalue weighted by molar-refractivity contribution is -0.203. The Kier molecular flexibility index (Phi) is 9.34. The van der Waals surface area contributed by atoms with Crippen LogP contribution in [-0.2, 0) is 16.0 Å². The molecule has 5 aliphatic rings. The molecule has 0 saturated heterocycles. The molecule has 5 aliphatic carbocycles. The standard InChI is InChI=1S/C43H65NO4/c1-38(2)23-25-43(20-12-11-15-36(46)44-32(37(47)48)27-29-13-9-8-10-14-29)26-24-41(6)30(31(43)28-38)16-17-34-40(5)21-19-35(45)39(3,4)33(40)18-22-42(34,41)7/h8-10,13-14,16,31-35,45H,11-12,15,17-28H2,1-7H3,(H,44,46)(H,47,48)/t31-,32-,33-,34+,35-,40-,41+,42+,43+/m0/s1. The number of amides is 1. The van der Waals surface area contributed by atoms with Crippen molar-refractivity contribution in [3.05, 3.63) is 47.5 Å². The molecule has 0 unspecified atom stereocenters. The monoisotopic (exact) mass is 659 g/mol. The highest BCUT2D eigenvalue weighted by Crippen LogP contribution is 2.76. The van der Waals surface area contributed by atoms with Crippen molar-refractivity contribution < 1.29 is 19.8 Å². The number of hydrogen-bond acceptors (Lipinski definition) is 3. The first kappa shape index (κ1) is 35.7. The van der Waals surface area contributed by atoms with Crippen molar-refractivity contribution in [3.63, 3.8) is 0 Å². The van der Waals surface area contributed by atoms with Crippen LogP contribution in [0.3, 0.4) is 0 Å². The van der Waals surface area contributed by atoms with Gasteiger partial charge in [-0.3, -0.25) is 4.79 Å². The average molecular weight is 660 g/mol. The number of carbonyl (C=O) groups is 2. The second-order valence-electron chi connectivity index (χ2n) is 19.3. The normalized spacial score (nSPS) is 40.2. The number of fused-ring (bicyclic) bond motifs is 7. The summed E-state index contributed by atoms with van der Waals surface area (Å²) in [5, 5.41) is 23.7. The molecule has 5 nitrogen and oxygen atoms in total. The third-order valence-electron chi connectivity index (χ3n) is 16.0. The molecule has 5 heteroatoms. The molecule has 1 aromatic rings. The Morgan fingerprint density at radius 3 is 2.29 bits per heavy atom. The van der Waals surface area contributed by atoms with Crippen LogP contribution in [0.2, 0.25) is 0 Å². The van der Waals surface area contributed by atoms with E-state index in [2.05, 4.69) is 59.9 Å². The van der Waals surface area contributed by atoms with Crippen LogP contribution < -0.4 is 5.32 Å². The summed E-state index contributed by atoms with van der Waals surface area (Å²) >= 11 is 0. The highest BCUT2D eigenvalue weighted by Gasteiger charge is 2.68. The van der Waals surface area contributed by atoms with Crippen LogP contribution in [0.1, 0.15) is 144 Å². The van der Waals surface area contributed by atoms with Gasteiger partial charge in [-0.1, -0.05) is 96.9 Å². The molecular formula is C43H65NO4. The second kappa shape index (κ2) is 12.6. The Bertz CT molecular complexity index is 1400. The molecule has 4 saturated carbocycles. The number of carboxylic acid groups (broad SMARTS) is 1. The van der Waals surface area contributed by atoms with E-state index in [0.29, 0.717) is 41.4 Å². The van der Waals surface area contributed by atoms with E-state index < -0.39 is 12.0 Å². The molecule has 1 amide bonds. The third-order valence-corrected chi connectivity index (χ3v) is 16.0. The van der Waals surface area contributed by atoms with Crippen molar-refractivity contribution in [2.24, 2.45) is 50.2 Å². The number of unbranched alkanes of at least 4 members (excludes halogenated alkanes) is 1. The number of benzene rings is 1. The molecule has 1 aromatic carbocycles. The number of allylic oxidation sites excluding steroid dienone is 2. The van der Waals surface area contributed by atoms with Crippen molar-refractivity contribution in [2.75, 3.05) is 0 Å². The molecule has 0 heterocycles. The summed E-state index contributed by atoms with van der Waals surface area (Å²) in [5.41, 5.74) is 4.05. The van der Waals surface area contributed by atoms with E-state index in [1.54, 1.807) is 5.57 Å². The van der Waals surface area contributed by atoms with Gasteiger partial charge >= 0.3 is 5.97 Å². The first-order chi connectivity index (χ1) is 22.5. The topological polar surface area (TPSA) is 86.6 Å². The van der Waals surface area contributed by atoms with Gasteiger partial charge < -0.3 is 15.5 Å². The predicted molar refractivity (Wildman–Crippen MR) is 193 cm³/mol. The summed E-state index contributed by atoms with van der Waals surface area (Å²) in [4.78, 5) is 24.9. The molecule has 0 aromatic heterocycles. The van der Waals surface area contributed by atoms with Crippen LogP contribution in [0.15, 0.2) is 42.0 Å². The van der Waals surface area contributed by atoms with Gasteiger partial charge in [-0.05, 0) is 133 Å². The van der Waals surface area contributed by atoms with Crippen molar-refractivity contribution in [3.8, 4) is 0 Å². The lowest BCUT2D eigenvalue weighted by Gasteiger charge is -2.71. The Morgan fingerprint density at radius 1 is 0.875 bits per heavy atom. The predicted octanol–water partition coefficient (Wildman–Crippen LogP) is 9.52. The van der Waals surface area contributed by atoms with E-state index in [4.69, 9.17) is 0 Å². The molecular weight excluding hydrogens is 594 g/mol. The number of nitrogens with one attached hydrogen (secondary N) is 1. The minimum atomic E-state index is -0.979. The van der Waals surface area contributed by atoms with E-state index in [1.165, 1.54) is 51.4 Å². The number of aliphatic hydroxyl groups excluding tert-OH is 1. The van der Waals surface area contributed by atoms with Gasteiger partial charge in [-0.15, -0.1) is 0 Å². The van der Waals surface area contributed by atoms with Gasteiger partial charge in [-0.2, -0.15) is 0 Å². The van der Waals surface area contributed by atoms with Gasteiger partial charge in [-0.25, -0.2) is 4.79 Å². The SMILES string of the molecule is CC1(C)CC[C@]2(CCCCC(=O)N[C@@H](Cc3ccccc3)C(=O)O)CC[C@]3(C)C(=CC[C@@H]4[C@@]5(C)CC[C@H](O)C(C)(C)[C@@H]5CC[C@]43C)[C@@H]2C1. The summed E-state index contributed by atoms with van der Waals surface area (Å²) in [7, 11) is 0. The van der Waals surface area contributed by atoms with Gasteiger partial charge in [0.05, 0.1) is 6.10 Å². The summed E-state index contributed by atoms with van der Waals surface area (Å²) in [6.07, 6.45) is 18.3. The Morgan fingerprint density at radius 2 is 1.58 bits per heavy atom. The molecule has 3 N–H and O–H groups in total. The van der Waals surface area contributed by atoms with Crippen LogP contribution in [0.5, 0.6) is 0 Å². The molecule has 6 rings (SSSR count). The number of carbonyl (C=O) groups excluding carboxylic acids is 1. The first-order valence-electron chi connectivity index (χ1n) is 19.4. The van der Waals surface area contributed by atoms with Gasteiger partial charge in [0.2, 0.25) is 5.91 Å². The van der Waals surface area contributed by atoms with Crippen LogP contribution in [0, 0.1) is 50.2 Å². The van der Waals surface area contributed by atoms with Crippen molar-refractivity contribution in [1.29, 1.82) is 0 Å². The minimum Gasteiger partial charge on any atom is -0.480 e. The highest BCUT2D eigenvalue weighted by atomic mass is 16.4. The molecule has 4 fully saturated rings. The van der Waals surface area contributed by atoms with Crippen molar-refractivity contribution >= 4 is 11.9 Å². The van der Waals surface area contributed by atoms with E-state index in [9.17, 15) is 19.8 Å². The molecule has 9 atom stereocenters. The number of carboxylic acids is 1. The van der Waals surface area contributed by atoms with Crippen LogP contribution in [0.4, 0.5) is 0 Å². The second-order valence-corrected chi connectivity index (χ2v) is 19.3. The average Bonchev–Trinajstić information content (AvgIpc) is 3.02. The fraction of sp³-hybridized carbons (Fsp3) is 0.767. The van der Waals surface area contributed by atoms with Gasteiger partial charge in [0.1, 0.15) is 6.04 Å². The lowest BCUT2D eigenvalue weighted by Crippen LogP contribution is -2.64. The fourth-order valence-electron chi connectivity index (χ4n) is 12.9. The van der Waals surface area contributed by atoms with Gasteiger partial charge in [0.15, 0.2) is 0 Å². The van der Waals surface area contributed by atoms with Crippen molar-refractivity contribution in [2.45, 2.75) is 157 Å². The molecule has 0 aliphatic heterocycles. The molecule has 0 bridgehead atoms. The summed E-state index contributed by atoms with van der Waals surface area (Å²) in [6, 6.07) is 8.64. The van der Waals surface area contributed by atoms with E-state index >= 15 is 0 Å². The maximum absolute atomic E-state index is 13.0. The maximum Gasteiger partial charge on any atom is 0.326 e. The Labute approximate surface area is 291 Å². The Hall–Kier alpha value is -2.14. The zero-order chi connectivity index (χ0) is 34.8. The number of aliphatic hydroxyl groups is 1. The summed E-state index contributed by atoms with van der Waals surface area (Å²) in [5.74, 6) is 0.702. The lowest BCUT2D eigenvalue weighted by atomic mass is 9.33. The summed E-state index contributed by atoms with van der Waals surface area (Å²) < 4.78 is 0. The number of rotatable bonds is 9. The van der Waals surface area contributed by atoms with E-state index in [0.717, 1.165) is 37.7 Å². The van der Waals surface area contributed by atoms with Crippen molar-refractivity contribution in [1.82, 2.24) is 5.32 Å². The summed E-state index contributed by atoms with van der Waals surface area (Å²) in [6.45, 7) is 17.6. The molecule has 0 spiro atoms. The maximum atomic E-state index is 13.0. The van der Waals surface area contributed by atoms with E-state index in [1.807, 2.05) is 30.3 Å². The molecule has 0 radical (unpaired) electrons. The zero-order valence-corrected chi connectivity index (χ0v) is 31.2. The molecule has 266 valence electrons. The van der Waals surface area contributed by atoms with Crippen LogP contribution in [-0.4, -0.2) is 34.2 Å². The van der Waals surface area contributed by atoms with Crippen LogP contribution >= 0.6 is 0 Å². The first-order valence-corrected chi connectivity index (χ1v) is 19.4. The largest absolute Gasteiger partial charge is 0.480 e. The fourth-order valence-corrected chi connectivity index (χ4v) is 12.9. The smallest absolute Gasteiger partial charge is 0.326 e. The van der Waals surface area contributed by atoms with Gasteiger partial charge in [0.25, 0.3) is 0 Å². The third kappa shape index (κ3) is 5.90. The number of hydrogen-bond donors (Lipinski definition) is 3. The zero-order valence-electron chi connectivity index (χ0n) is 31.2. The van der Waals surface area contributed by atoms with Gasteiger partial charge in [0, 0.05) is 12.8 Å². The Balaban J connectivity index is 1.17. The quantitative estimate of drug-likeness (QED) is 0.182. The van der Waals surface area contributed by atoms with E-state index in [-0.39, 0.29) is 33.7 Å². The van der Waals surface area contributed by atoms with Crippen LogP contribution in [0.25, 0.3) is 0 Å². The highest BCUT2D eigenvalue weighted by molar-refractivity contribution is 5.83. The molecule has 48 heavy (non-hydrogen) atoms.